The maximum absolute atomic E-state index is 12.4. The Balaban J connectivity index is 2.25. The van der Waals surface area contributed by atoms with Crippen LogP contribution in [0, 0.1) is 4.91 Å². The molecule has 2 aromatic carbocycles. The molecule has 0 bridgehead atoms. The molecule has 0 radical (unpaired) electrons. The summed E-state index contributed by atoms with van der Waals surface area (Å²) in [6.07, 6.45) is 0. The normalized spacial score (nSPS) is 10.6. The number of aromatic nitrogens is 2. The quantitative estimate of drug-likeness (QED) is 0.715. The minimum Gasteiger partial charge on any atom is -0.288 e. The van der Waals surface area contributed by atoms with E-state index in [1.807, 2.05) is 6.07 Å². The third-order valence-corrected chi connectivity index (χ3v) is 3.56. The summed E-state index contributed by atoms with van der Waals surface area (Å²) in [5.41, 5.74) is 0.696. The Kier molecular flexibility index (Phi) is 3.83. The van der Waals surface area contributed by atoms with Crippen molar-refractivity contribution < 1.29 is 0 Å². The smallest absolute Gasteiger partial charge is 0.288 e. The highest BCUT2D eigenvalue weighted by atomic mass is 35.5. The van der Waals surface area contributed by atoms with Gasteiger partial charge in [0.25, 0.3) is 0 Å². The van der Waals surface area contributed by atoms with E-state index in [1.54, 1.807) is 42.5 Å². The lowest BCUT2D eigenvalue weighted by Gasteiger charge is -2.03. The highest BCUT2D eigenvalue weighted by Crippen LogP contribution is 2.27. The van der Waals surface area contributed by atoms with Gasteiger partial charge in [-0.1, -0.05) is 53.5 Å². The first-order valence-electron chi connectivity index (χ1n) is 6.30. The molecule has 0 saturated carbocycles. The third kappa shape index (κ3) is 2.56. The van der Waals surface area contributed by atoms with Crippen LogP contribution >= 0.6 is 23.2 Å². The van der Waals surface area contributed by atoms with Gasteiger partial charge in [0.05, 0.1) is 11.4 Å². The number of rotatable bonds is 3. The monoisotopic (exact) mass is 333 g/mol. The van der Waals surface area contributed by atoms with Crippen LogP contribution in [0.1, 0.15) is 0 Å². The minimum absolute atomic E-state index is 0.192. The van der Waals surface area contributed by atoms with E-state index in [9.17, 15) is 9.70 Å². The van der Waals surface area contributed by atoms with Crippen LogP contribution in [0.4, 0.5) is 5.69 Å². The van der Waals surface area contributed by atoms with E-state index in [2.05, 4.69) is 10.3 Å². The lowest BCUT2D eigenvalue weighted by molar-refractivity contribution is 0.852. The Morgan fingerprint density at radius 2 is 1.64 bits per heavy atom. The molecule has 1 N–H and O–H groups in total. The van der Waals surface area contributed by atoms with E-state index in [1.165, 1.54) is 4.68 Å². The van der Waals surface area contributed by atoms with Crippen LogP contribution in [0.3, 0.4) is 0 Å². The van der Waals surface area contributed by atoms with E-state index in [-0.39, 0.29) is 5.69 Å². The van der Waals surface area contributed by atoms with Gasteiger partial charge in [-0.05, 0) is 23.4 Å². The zero-order valence-electron chi connectivity index (χ0n) is 11.1. The lowest BCUT2D eigenvalue weighted by atomic mass is 10.1. The molecule has 0 fully saturated rings. The molecule has 0 aliphatic carbocycles. The average Bonchev–Trinajstić information content (AvgIpc) is 2.84. The molecule has 1 heterocycles. The molecule has 0 saturated heterocycles. The predicted molar refractivity (Wildman–Crippen MR) is 87.3 cm³/mol. The van der Waals surface area contributed by atoms with Crippen LogP contribution in [0.5, 0.6) is 0 Å². The zero-order valence-corrected chi connectivity index (χ0v) is 12.6. The molecule has 3 rings (SSSR count). The van der Waals surface area contributed by atoms with E-state index in [0.717, 1.165) is 0 Å². The summed E-state index contributed by atoms with van der Waals surface area (Å²) in [4.78, 5) is 23.4. The van der Waals surface area contributed by atoms with Crippen molar-refractivity contribution in [3.05, 3.63) is 73.8 Å². The first-order chi connectivity index (χ1) is 10.6. The van der Waals surface area contributed by atoms with Gasteiger partial charge < -0.3 is 0 Å². The molecule has 110 valence electrons. The lowest BCUT2D eigenvalue weighted by Crippen LogP contribution is -2.13. The van der Waals surface area contributed by atoms with Crippen LogP contribution in [0.15, 0.2) is 58.5 Å². The van der Waals surface area contributed by atoms with Gasteiger partial charge >= 0.3 is 5.56 Å². The van der Waals surface area contributed by atoms with Crippen molar-refractivity contribution in [1.29, 1.82) is 0 Å². The van der Waals surface area contributed by atoms with Crippen LogP contribution in [-0.2, 0) is 0 Å². The van der Waals surface area contributed by atoms with Crippen LogP contribution in [0.2, 0.25) is 10.0 Å². The molecule has 3 aromatic rings. The molecule has 1 aromatic heterocycles. The Hall–Kier alpha value is -2.37. The Morgan fingerprint density at radius 3 is 2.23 bits per heavy atom. The van der Waals surface area contributed by atoms with Crippen molar-refractivity contribution in [2.24, 2.45) is 5.18 Å². The van der Waals surface area contributed by atoms with E-state index in [0.29, 0.717) is 27.0 Å². The number of aromatic amines is 1. The van der Waals surface area contributed by atoms with Gasteiger partial charge in [-0.2, -0.15) is 0 Å². The predicted octanol–water partition coefficient (Wildman–Crippen LogP) is 4.54. The Morgan fingerprint density at radius 1 is 1.00 bits per heavy atom. The summed E-state index contributed by atoms with van der Waals surface area (Å²) in [5, 5.41) is 6.50. The number of hydrogen-bond acceptors (Lipinski definition) is 3. The average molecular weight is 334 g/mol. The summed E-state index contributed by atoms with van der Waals surface area (Å²) >= 11 is 11.9. The summed E-state index contributed by atoms with van der Waals surface area (Å²) in [7, 11) is 0. The molecule has 5 nitrogen and oxygen atoms in total. The second kappa shape index (κ2) is 5.79. The maximum atomic E-state index is 12.4. The second-order valence-electron chi connectivity index (χ2n) is 4.56. The summed E-state index contributed by atoms with van der Waals surface area (Å²) in [5.74, 6) is 0. The number of halogens is 2. The molecule has 0 unspecified atom stereocenters. The first-order valence-corrected chi connectivity index (χ1v) is 7.06. The topological polar surface area (TPSA) is 67.2 Å². The molecule has 0 spiro atoms. The second-order valence-corrected chi connectivity index (χ2v) is 5.43. The van der Waals surface area contributed by atoms with E-state index in [4.69, 9.17) is 23.2 Å². The highest BCUT2D eigenvalue weighted by Gasteiger charge is 2.17. The number of H-pyrrole nitrogens is 1. The standard InChI is InChI=1S/C15H9Cl2N3O2/c16-10-6-11(17)8-12(7-10)20-15(21)14(19-22)13(18-20)9-4-2-1-3-5-9/h1-8,18H. The Bertz CT molecular complexity index is 881. The molecule has 0 aliphatic rings. The zero-order chi connectivity index (χ0) is 15.7. The van der Waals surface area contributed by atoms with Crippen LogP contribution in [-0.4, -0.2) is 9.78 Å². The van der Waals surface area contributed by atoms with Gasteiger partial charge in [0.2, 0.25) is 0 Å². The fourth-order valence-corrected chi connectivity index (χ4v) is 2.68. The minimum atomic E-state index is -0.563. The SMILES string of the molecule is O=Nc1c(-c2ccccc2)[nH]n(-c2cc(Cl)cc(Cl)c2)c1=O. The maximum Gasteiger partial charge on any atom is 0.301 e. The molecule has 0 aliphatic heterocycles. The van der Waals surface area contributed by atoms with Gasteiger partial charge in [-0.25, -0.2) is 4.68 Å². The summed E-state index contributed by atoms with van der Waals surface area (Å²) < 4.78 is 1.19. The summed E-state index contributed by atoms with van der Waals surface area (Å²) in [6, 6.07) is 13.7. The number of benzene rings is 2. The number of nitroso groups, excluding NO2 is 1. The number of hydrogen-bond donors (Lipinski definition) is 1. The van der Waals surface area contributed by atoms with Gasteiger partial charge in [-0.3, -0.25) is 9.89 Å². The largest absolute Gasteiger partial charge is 0.301 e. The Labute approximate surface area is 135 Å². The van der Waals surface area contributed by atoms with E-state index >= 15 is 0 Å². The van der Waals surface area contributed by atoms with Crippen molar-refractivity contribution in [2.45, 2.75) is 0 Å². The molecular weight excluding hydrogens is 325 g/mol. The van der Waals surface area contributed by atoms with Gasteiger partial charge in [0.1, 0.15) is 0 Å². The van der Waals surface area contributed by atoms with Crippen molar-refractivity contribution in [1.82, 2.24) is 9.78 Å². The number of nitrogens with zero attached hydrogens (tertiary/aromatic N) is 2. The first kappa shape index (κ1) is 14.6. The fraction of sp³-hybridized carbons (Fsp3) is 0. The van der Waals surface area contributed by atoms with Crippen LogP contribution < -0.4 is 5.56 Å². The van der Waals surface area contributed by atoms with E-state index < -0.39 is 5.56 Å². The van der Waals surface area contributed by atoms with Gasteiger partial charge in [-0.15, -0.1) is 4.91 Å². The van der Waals surface area contributed by atoms with Crippen LogP contribution in [0.25, 0.3) is 16.9 Å². The van der Waals surface area contributed by atoms with Crippen molar-refractivity contribution >= 4 is 28.9 Å². The highest BCUT2D eigenvalue weighted by molar-refractivity contribution is 6.34. The van der Waals surface area contributed by atoms with Gasteiger partial charge in [0.15, 0.2) is 5.69 Å². The molecule has 0 amide bonds. The van der Waals surface area contributed by atoms with Crippen molar-refractivity contribution in [3.8, 4) is 16.9 Å². The molecule has 22 heavy (non-hydrogen) atoms. The van der Waals surface area contributed by atoms with Gasteiger partial charge in [0, 0.05) is 15.6 Å². The molecule has 7 heteroatoms. The van der Waals surface area contributed by atoms with Crippen molar-refractivity contribution in [2.75, 3.05) is 0 Å². The third-order valence-electron chi connectivity index (χ3n) is 3.13. The molecule has 0 atom stereocenters. The molecular formula is C15H9Cl2N3O2. The fourth-order valence-electron chi connectivity index (χ4n) is 2.17. The number of nitrogens with one attached hydrogen (secondary N) is 1. The van der Waals surface area contributed by atoms with Crippen molar-refractivity contribution in [3.63, 3.8) is 0 Å². The summed E-state index contributed by atoms with van der Waals surface area (Å²) in [6.45, 7) is 0.